The summed E-state index contributed by atoms with van der Waals surface area (Å²) in [5, 5.41) is 21.8. The van der Waals surface area contributed by atoms with E-state index < -0.39 is 25.8 Å². The number of aliphatic hydroxyl groups excluding tert-OH is 1. The van der Waals surface area contributed by atoms with Crippen molar-refractivity contribution in [3.8, 4) is 0 Å². The molecule has 0 saturated carbocycles. The van der Waals surface area contributed by atoms with E-state index in [9.17, 15) is 15.0 Å². The van der Waals surface area contributed by atoms with Crippen LogP contribution in [0, 0.1) is 5.41 Å². The summed E-state index contributed by atoms with van der Waals surface area (Å²) in [4.78, 5) is 12.0. The van der Waals surface area contributed by atoms with Crippen LogP contribution in [-0.2, 0) is 9.22 Å². The first-order valence-corrected chi connectivity index (χ1v) is 12.9. The van der Waals surface area contributed by atoms with Gasteiger partial charge in [0.25, 0.3) is 0 Å². The topological polar surface area (TPSA) is 66.8 Å². The van der Waals surface area contributed by atoms with Gasteiger partial charge in [-0.05, 0) is 66.0 Å². The van der Waals surface area contributed by atoms with E-state index >= 15 is 0 Å². The van der Waals surface area contributed by atoms with E-state index in [0.29, 0.717) is 0 Å². The third kappa shape index (κ3) is 5.56. The number of aliphatic carboxylic acids is 1. The number of carboxylic acid groups (broad SMARTS) is 1. The third-order valence-electron chi connectivity index (χ3n) is 6.04. The molecule has 0 saturated heterocycles. The van der Waals surface area contributed by atoms with E-state index in [1.807, 2.05) is 42.5 Å². The van der Waals surface area contributed by atoms with Gasteiger partial charge in [0.1, 0.15) is 5.41 Å². The van der Waals surface area contributed by atoms with Crippen molar-refractivity contribution in [2.24, 2.45) is 5.41 Å². The van der Waals surface area contributed by atoms with Gasteiger partial charge in [-0.2, -0.15) is 0 Å². The highest BCUT2D eigenvalue weighted by molar-refractivity contribution is 6.74. The highest BCUT2D eigenvalue weighted by atomic mass is 28.4. The van der Waals surface area contributed by atoms with Crippen LogP contribution in [0.4, 0.5) is 0 Å². The van der Waals surface area contributed by atoms with Crippen LogP contribution in [0.3, 0.4) is 0 Å². The normalized spacial score (nSPS) is 16.1. The van der Waals surface area contributed by atoms with Gasteiger partial charge in [-0.15, -0.1) is 0 Å². The smallest absolute Gasteiger partial charge is 0.315 e. The summed E-state index contributed by atoms with van der Waals surface area (Å²) < 4.78 is 6.20. The SMILES string of the molecule is C[C@@H](O)c1ccc2ccc(C=C[C@](C)(CO[Si](C)(C)C(C)(C)C)C(=O)O)cc2c1. The molecule has 2 N–H and O–H groups in total. The fourth-order valence-electron chi connectivity index (χ4n) is 2.66. The Bertz CT molecular complexity index is 909. The lowest BCUT2D eigenvalue weighted by Crippen LogP contribution is -2.44. The average Bonchev–Trinajstić information content (AvgIpc) is 2.63. The lowest BCUT2D eigenvalue weighted by Gasteiger charge is -2.38. The maximum Gasteiger partial charge on any atom is 0.315 e. The monoisotopic (exact) mass is 414 g/mol. The van der Waals surface area contributed by atoms with Crippen molar-refractivity contribution in [2.75, 3.05) is 6.61 Å². The molecule has 29 heavy (non-hydrogen) atoms. The molecule has 2 aromatic rings. The molecule has 0 aliphatic rings. The molecule has 0 heterocycles. The highest BCUT2D eigenvalue weighted by Crippen LogP contribution is 2.38. The van der Waals surface area contributed by atoms with Crippen molar-refractivity contribution in [3.05, 3.63) is 53.6 Å². The van der Waals surface area contributed by atoms with Crippen LogP contribution in [0.5, 0.6) is 0 Å². The molecule has 0 aliphatic carbocycles. The minimum atomic E-state index is -2.04. The van der Waals surface area contributed by atoms with Crippen molar-refractivity contribution in [1.29, 1.82) is 0 Å². The molecular formula is C24H34O4Si. The zero-order valence-corrected chi connectivity index (χ0v) is 19.6. The molecular weight excluding hydrogens is 380 g/mol. The highest BCUT2D eigenvalue weighted by Gasteiger charge is 2.40. The third-order valence-corrected chi connectivity index (χ3v) is 10.5. The van der Waals surface area contributed by atoms with E-state index in [4.69, 9.17) is 4.43 Å². The largest absolute Gasteiger partial charge is 0.481 e. The Morgan fingerprint density at radius 3 is 2.28 bits per heavy atom. The summed E-state index contributed by atoms with van der Waals surface area (Å²) in [6.45, 7) is 14.3. The first kappa shape index (κ1) is 23.3. The Hall–Kier alpha value is -1.95. The van der Waals surface area contributed by atoms with Gasteiger partial charge in [-0.3, -0.25) is 4.79 Å². The van der Waals surface area contributed by atoms with Crippen LogP contribution in [-0.4, -0.2) is 31.1 Å². The van der Waals surface area contributed by atoms with Crippen molar-refractivity contribution in [3.63, 3.8) is 0 Å². The molecule has 0 spiro atoms. The van der Waals surface area contributed by atoms with Crippen LogP contribution < -0.4 is 0 Å². The second-order valence-corrected chi connectivity index (χ2v) is 14.5. The molecule has 5 heteroatoms. The molecule has 2 atom stereocenters. The second-order valence-electron chi connectivity index (χ2n) is 9.65. The lowest BCUT2D eigenvalue weighted by molar-refractivity contribution is -0.146. The van der Waals surface area contributed by atoms with Gasteiger partial charge in [-0.25, -0.2) is 0 Å². The number of benzene rings is 2. The molecule has 0 aromatic heterocycles. The van der Waals surface area contributed by atoms with E-state index in [0.717, 1.165) is 21.9 Å². The van der Waals surface area contributed by atoms with Crippen LogP contribution in [0.15, 0.2) is 42.5 Å². The van der Waals surface area contributed by atoms with Crippen molar-refractivity contribution < 1.29 is 19.4 Å². The fourth-order valence-corrected chi connectivity index (χ4v) is 3.75. The number of carboxylic acids is 1. The molecule has 0 radical (unpaired) electrons. The average molecular weight is 415 g/mol. The molecule has 0 aliphatic heterocycles. The van der Waals surface area contributed by atoms with Crippen LogP contribution in [0.2, 0.25) is 18.1 Å². The van der Waals surface area contributed by atoms with Crippen molar-refractivity contribution >= 4 is 31.1 Å². The van der Waals surface area contributed by atoms with E-state index in [-0.39, 0.29) is 11.6 Å². The van der Waals surface area contributed by atoms with Crippen LogP contribution >= 0.6 is 0 Å². The second kappa shape index (κ2) is 8.42. The summed E-state index contributed by atoms with van der Waals surface area (Å²) >= 11 is 0. The number of aliphatic hydroxyl groups is 1. The van der Waals surface area contributed by atoms with Crippen molar-refractivity contribution in [2.45, 2.75) is 58.9 Å². The quantitative estimate of drug-likeness (QED) is 0.544. The zero-order valence-electron chi connectivity index (χ0n) is 18.6. The van der Waals surface area contributed by atoms with Gasteiger partial charge in [0.2, 0.25) is 0 Å². The van der Waals surface area contributed by atoms with Gasteiger partial charge < -0.3 is 14.6 Å². The van der Waals surface area contributed by atoms with Gasteiger partial charge in [0, 0.05) is 0 Å². The molecule has 0 amide bonds. The summed E-state index contributed by atoms with van der Waals surface area (Å²) in [5.41, 5.74) is 0.670. The van der Waals surface area contributed by atoms with Gasteiger partial charge in [0.05, 0.1) is 12.7 Å². The van der Waals surface area contributed by atoms with Crippen LogP contribution in [0.1, 0.15) is 51.8 Å². The Morgan fingerprint density at radius 1 is 1.10 bits per heavy atom. The standard InChI is InChI=1S/C24H34O4Si/c1-17(25)20-11-10-19-9-8-18(14-21(19)15-20)12-13-24(5,22(26)27)16-28-29(6,7)23(2,3)4/h8-15,17,25H,16H2,1-7H3,(H,26,27)/t17-,24-/m1/s1. The Morgan fingerprint density at radius 2 is 1.72 bits per heavy atom. The number of hydrogen-bond donors (Lipinski definition) is 2. The lowest BCUT2D eigenvalue weighted by atomic mass is 9.90. The molecule has 158 valence electrons. The predicted octanol–water partition coefficient (Wildman–Crippen LogP) is 6.02. The fraction of sp³-hybridized carbons (Fsp3) is 0.458. The number of hydrogen-bond acceptors (Lipinski definition) is 3. The molecule has 0 bridgehead atoms. The van der Waals surface area contributed by atoms with Crippen molar-refractivity contribution in [1.82, 2.24) is 0 Å². The number of carbonyl (C=O) groups is 1. The Labute approximate surface area is 175 Å². The number of fused-ring (bicyclic) bond motifs is 1. The maximum absolute atomic E-state index is 12.0. The van der Waals surface area contributed by atoms with E-state index in [1.54, 1.807) is 19.9 Å². The van der Waals surface area contributed by atoms with Crippen LogP contribution in [0.25, 0.3) is 16.8 Å². The predicted molar refractivity (Wildman–Crippen MR) is 123 cm³/mol. The molecule has 2 aromatic carbocycles. The summed E-state index contributed by atoms with van der Waals surface area (Å²) in [6, 6.07) is 11.9. The molecule has 0 fully saturated rings. The maximum atomic E-state index is 12.0. The molecule has 0 unspecified atom stereocenters. The Balaban J connectivity index is 2.28. The van der Waals surface area contributed by atoms with Gasteiger partial charge >= 0.3 is 5.97 Å². The minimum absolute atomic E-state index is 0.0238. The minimum Gasteiger partial charge on any atom is -0.481 e. The van der Waals surface area contributed by atoms with Gasteiger partial charge in [0.15, 0.2) is 8.32 Å². The zero-order chi connectivity index (χ0) is 22.0. The van der Waals surface area contributed by atoms with Gasteiger partial charge in [-0.1, -0.05) is 57.2 Å². The Kier molecular flexibility index (Phi) is 6.77. The number of rotatable bonds is 7. The molecule has 2 rings (SSSR count). The summed E-state index contributed by atoms with van der Waals surface area (Å²) in [6.07, 6.45) is 3.04. The summed E-state index contributed by atoms with van der Waals surface area (Å²) in [5.74, 6) is -0.898. The summed E-state index contributed by atoms with van der Waals surface area (Å²) in [7, 11) is -2.04. The molecule has 4 nitrogen and oxygen atoms in total. The van der Waals surface area contributed by atoms with E-state index in [2.05, 4.69) is 33.9 Å². The van der Waals surface area contributed by atoms with E-state index in [1.165, 1.54) is 0 Å². The first-order chi connectivity index (χ1) is 13.2. The first-order valence-electron chi connectivity index (χ1n) is 10.0.